The highest BCUT2D eigenvalue weighted by atomic mass is 79.9. The highest BCUT2D eigenvalue weighted by Gasteiger charge is 2.33. The number of aromatic nitrogens is 1. The van der Waals surface area contributed by atoms with Gasteiger partial charge in [0, 0.05) is 19.8 Å². The summed E-state index contributed by atoms with van der Waals surface area (Å²) in [6.07, 6.45) is 1.84. The van der Waals surface area contributed by atoms with Crippen LogP contribution in [0.2, 0.25) is 0 Å². The van der Waals surface area contributed by atoms with Crippen molar-refractivity contribution in [2.75, 3.05) is 25.6 Å². The van der Waals surface area contributed by atoms with E-state index in [4.69, 9.17) is 9.47 Å². The van der Waals surface area contributed by atoms with Crippen molar-refractivity contribution in [2.24, 2.45) is 4.99 Å². The van der Waals surface area contributed by atoms with Crippen molar-refractivity contribution >= 4 is 45.0 Å². The molecule has 0 aliphatic carbocycles. The lowest BCUT2D eigenvalue weighted by Gasteiger charge is -2.25. The quantitative estimate of drug-likeness (QED) is 0.250. The predicted molar refractivity (Wildman–Crippen MR) is 166 cm³/mol. The Morgan fingerprint density at radius 2 is 1.83 bits per heavy atom. The summed E-state index contributed by atoms with van der Waals surface area (Å²) in [5.41, 5.74) is 4.43. The molecule has 41 heavy (non-hydrogen) atoms. The van der Waals surface area contributed by atoms with E-state index in [0.717, 1.165) is 26.9 Å². The summed E-state index contributed by atoms with van der Waals surface area (Å²) >= 11 is 4.91. The van der Waals surface area contributed by atoms with E-state index < -0.39 is 12.0 Å². The molecule has 0 saturated carbocycles. The third-order valence-corrected chi connectivity index (χ3v) is 8.34. The molecule has 2 heterocycles. The Morgan fingerprint density at radius 1 is 1.10 bits per heavy atom. The SMILES string of the molecule is CCOC(=O)C1=C(C)N=c2s/c(=C\c3ccc(OCc4ccccc4)c(Br)c3)c(=O)n2[C@H]1c1ccc(N(C)C)cc1. The van der Waals surface area contributed by atoms with Gasteiger partial charge in [-0.15, -0.1) is 0 Å². The van der Waals surface area contributed by atoms with Crippen LogP contribution in [0.5, 0.6) is 5.75 Å². The number of rotatable bonds is 8. The van der Waals surface area contributed by atoms with Crippen LogP contribution in [0, 0.1) is 0 Å². The number of ether oxygens (including phenoxy) is 2. The van der Waals surface area contributed by atoms with Gasteiger partial charge in [-0.1, -0.05) is 59.9 Å². The van der Waals surface area contributed by atoms with Gasteiger partial charge in [-0.25, -0.2) is 9.79 Å². The summed E-state index contributed by atoms with van der Waals surface area (Å²) in [5, 5.41) is 0. The first kappa shape index (κ1) is 28.6. The van der Waals surface area contributed by atoms with Crippen LogP contribution in [0.4, 0.5) is 5.69 Å². The minimum atomic E-state index is -0.649. The maximum Gasteiger partial charge on any atom is 0.338 e. The van der Waals surface area contributed by atoms with Gasteiger partial charge in [-0.05, 0) is 76.8 Å². The number of hydrogen-bond donors (Lipinski definition) is 0. The van der Waals surface area contributed by atoms with E-state index >= 15 is 0 Å². The Morgan fingerprint density at radius 3 is 2.49 bits per heavy atom. The average molecular weight is 633 g/mol. The van der Waals surface area contributed by atoms with Crippen molar-refractivity contribution in [1.29, 1.82) is 0 Å². The van der Waals surface area contributed by atoms with Crippen molar-refractivity contribution in [2.45, 2.75) is 26.5 Å². The summed E-state index contributed by atoms with van der Waals surface area (Å²) in [5.74, 6) is 0.239. The molecule has 5 rings (SSSR count). The van der Waals surface area contributed by atoms with Gasteiger partial charge in [0.2, 0.25) is 0 Å². The van der Waals surface area contributed by atoms with Gasteiger partial charge in [0.25, 0.3) is 5.56 Å². The normalized spacial score (nSPS) is 14.9. The van der Waals surface area contributed by atoms with Gasteiger partial charge in [0.1, 0.15) is 12.4 Å². The van der Waals surface area contributed by atoms with Crippen molar-refractivity contribution in [3.63, 3.8) is 0 Å². The molecular weight excluding hydrogens is 602 g/mol. The molecule has 1 aliphatic heterocycles. The van der Waals surface area contributed by atoms with E-state index in [9.17, 15) is 9.59 Å². The lowest BCUT2D eigenvalue weighted by Crippen LogP contribution is -2.39. The zero-order valence-electron chi connectivity index (χ0n) is 23.3. The van der Waals surface area contributed by atoms with E-state index in [-0.39, 0.29) is 12.2 Å². The highest BCUT2D eigenvalue weighted by molar-refractivity contribution is 9.10. The minimum absolute atomic E-state index is 0.217. The number of allylic oxidation sites excluding steroid dienone is 1. The summed E-state index contributed by atoms with van der Waals surface area (Å²) in [4.78, 5) is 34.2. The summed E-state index contributed by atoms with van der Waals surface area (Å²) in [7, 11) is 3.93. The Labute approximate surface area is 250 Å². The number of anilines is 1. The van der Waals surface area contributed by atoms with Crippen molar-refractivity contribution < 1.29 is 14.3 Å². The molecule has 0 bridgehead atoms. The zero-order chi connectivity index (χ0) is 29.1. The second kappa shape index (κ2) is 12.3. The molecule has 0 spiro atoms. The number of esters is 1. The van der Waals surface area contributed by atoms with E-state index in [1.54, 1.807) is 18.4 Å². The number of halogens is 1. The summed E-state index contributed by atoms with van der Waals surface area (Å²) in [6.45, 7) is 4.23. The molecule has 210 valence electrons. The van der Waals surface area contributed by atoms with Crippen LogP contribution >= 0.6 is 27.3 Å². The van der Waals surface area contributed by atoms with Crippen LogP contribution in [0.15, 0.2) is 98.3 Å². The van der Waals surface area contributed by atoms with Gasteiger partial charge < -0.3 is 14.4 Å². The maximum absolute atomic E-state index is 13.9. The van der Waals surface area contributed by atoms with E-state index in [1.165, 1.54) is 11.3 Å². The van der Waals surface area contributed by atoms with Crippen LogP contribution in [0.25, 0.3) is 6.08 Å². The third kappa shape index (κ3) is 6.06. The summed E-state index contributed by atoms with van der Waals surface area (Å²) < 4.78 is 14.3. The van der Waals surface area contributed by atoms with Gasteiger partial charge in [-0.3, -0.25) is 9.36 Å². The molecule has 0 saturated heterocycles. The zero-order valence-corrected chi connectivity index (χ0v) is 25.7. The molecular formula is C32H30BrN3O4S. The first-order chi connectivity index (χ1) is 19.8. The van der Waals surface area contributed by atoms with Gasteiger partial charge in [0.15, 0.2) is 4.80 Å². The molecule has 0 amide bonds. The van der Waals surface area contributed by atoms with Crippen LogP contribution in [0.3, 0.4) is 0 Å². The lowest BCUT2D eigenvalue weighted by molar-refractivity contribution is -0.139. The van der Waals surface area contributed by atoms with E-state index in [2.05, 4.69) is 20.9 Å². The fourth-order valence-electron chi connectivity index (χ4n) is 4.67. The minimum Gasteiger partial charge on any atom is -0.488 e. The molecule has 0 unspecified atom stereocenters. The molecule has 7 nitrogen and oxygen atoms in total. The molecule has 0 radical (unpaired) electrons. The first-order valence-corrected chi connectivity index (χ1v) is 14.8. The Kier molecular flexibility index (Phi) is 8.56. The van der Waals surface area contributed by atoms with Crippen molar-refractivity contribution in [3.8, 4) is 5.75 Å². The number of nitrogens with zero attached hydrogens (tertiary/aromatic N) is 3. The first-order valence-electron chi connectivity index (χ1n) is 13.2. The smallest absolute Gasteiger partial charge is 0.338 e. The maximum atomic E-state index is 13.9. The van der Waals surface area contributed by atoms with E-state index in [0.29, 0.717) is 33.0 Å². The average Bonchev–Trinajstić information content (AvgIpc) is 3.26. The van der Waals surface area contributed by atoms with Crippen LogP contribution in [-0.4, -0.2) is 31.2 Å². The molecule has 1 atom stereocenters. The predicted octanol–water partition coefficient (Wildman–Crippen LogP) is 5.21. The number of benzene rings is 3. The topological polar surface area (TPSA) is 73.1 Å². The molecule has 3 aromatic carbocycles. The molecule has 0 N–H and O–H groups in total. The van der Waals surface area contributed by atoms with Crippen LogP contribution < -0.4 is 24.5 Å². The fraction of sp³-hybridized carbons (Fsp3) is 0.219. The standard InChI is InChI=1S/C32H30BrN3O4S/c1-5-39-31(38)28-20(2)34-32-36(29(28)23-12-14-24(15-13-23)35(3)4)30(37)27(41-32)18-22-11-16-26(25(33)17-22)40-19-21-9-7-6-8-10-21/h6-18,29H,5,19H2,1-4H3/b27-18-/t29-/m0/s1. The van der Waals surface area contributed by atoms with Crippen molar-refractivity contribution in [3.05, 3.63) is 125 Å². The van der Waals surface area contributed by atoms with Gasteiger partial charge in [-0.2, -0.15) is 0 Å². The largest absolute Gasteiger partial charge is 0.488 e. The van der Waals surface area contributed by atoms with Crippen LogP contribution in [0.1, 0.15) is 36.6 Å². The molecule has 0 fully saturated rings. The van der Waals surface area contributed by atoms with Gasteiger partial charge in [0.05, 0.1) is 32.9 Å². The van der Waals surface area contributed by atoms with Crippen molar-refractivity contribution in [1.82, 2.24) is 4.57 Å². The number of carbonyl (C=O) groups excluding carboxylic acids is 1. The Bertz CT molecular complexity index is 1790. The number of carbonyl (C=O) groups is 1. The monoisotopic (exact) mass is 631 g/mol. The highest BCUT2D eigenvalue weighted by Crippen LogP contribution is 2.32. The number of thiazole rings is 1. The van der Waals surface area contributed by atoms with Gasteiger partial charge >= 0.3 is 5.97 Å². The van der Waals surface area contributed by atoms with E-state index in [1.807, 2.05) is 97.9 Å². The second-order valence-electron chi connectivity index (χ2n) is 9.75. The van der Waals surface area contributed by atoms with Crippen LogP contribution in [-0.2, 0) is 16.1 Å². The summed E-state index contributed by atoms with van der Waals surface area (Å²) in [6, 6.07) is 22.9. The molecule has 4 aromatic rings. The molecule has 1 aromatic heterocycles. The molecule has 9 heteroatoms. The second-order valence-corrected chi connectivity index (χ2v) is 11.6. The lowest BCUT2D eigenvalue weighted by atomic mass is 9.95. The fourth-order valence-corrected chi connectivity index (χ4v) is 6.23. The Hall–Kier alpha value is -3.95. The third-order valence-electron chi connectivity index (χ3n) is 6.73. The number of fused-ring (bicyclic) bond motifs is 1. The Balaban J connectivity index is 1.54. The molecule has 1 aliphatic rings. The number of hydrogen-bond acceptors (Lipinski definition) is 7.